The van der Waals surface area contributed by atoms with Gasteiger partial charge in [0, 0.05) is 21.2 Å². The number of nitrogens with zero attached hydrogens (tertiary/aromatic N) is 1. The summed E-state index contributed by atoms with van der Waals surface area (Å²) in [6.07, 6.45) is 0. The number of hydrogen-bond acceptors (Lipinski definition) is 2. The van der Waals surface area contributed by atoms with Gasteiger partial charge < -0.3 is 4.98 Å². The molecule has 0 saturated carbocycles. The van der Waals surface area contributed by atoms with Crippen molar-refractivity contribution in [3.05, 3.63) is 80.6 Å². The Morgan fingerprint density at radius 3 is 2.30 bits per heavy atom. The fourth-order valence-electron chi connectivity index (χ4n) is 2.35. The molecule has 3 aromatic rings. The number of nitriles is 1. The predicted octanol–water partition coefficient (Wildman–Crippen LogP) is 4.89. The van der Waals surface area contributed by atoms with Crippen LogP contribution in [0.5, 0.6) is 0 Å². The Morgan fingerprint density at radius 1 is 0.957 bits per heavy atom. The molecular weight excluding hydrogens is 331 g/mol. The van der Waals surface area contributed by atoms with Crippen molar-refractivity contribution in [2.45, 2.75) is 0 Å². The van der Waals surface area contributed by atoms with Gasteiger partial charge in [0.25, 0.3) is 5.56 Å². The summed E-state index contributed by atoms with van der Waals surface area (Å²) in [5.74, 6) is 0. The lowest BCUT2D eigenvalue weighted by molar-refractivity contribution is 1.22. The summed E-state index contributed by atoms with van der Waals surface area (Å²) in [5.41, 5.74) is 2.41. The number of pyridine rings is 1. The number of halogens is 2. The molecule has 3 rings (SSSR count). The zero-order valence-corrected chi connectivity index (χ0v) is 13.3. The fourth-order valence-corrected chi connectivity index (χ4v) is 2.71. The van der Waals surface area contributed by atoms with E-state index >= 15 is 0 Å². The topological polar surface area (TPSA) is 56.6 Å². The van der Waals surface area contributed by atoms with Crippen LogP contribution in [-0.4, -0.2) is 4.98 Å². The van der Waals surface area contributed by atoms with Crippen molar-refractivity contribution < 1.29 is 0 Å². The van der Waals surface area contributed by atoms with E-state index < -0.39 is 5.56 Å². The monoisotopic (exact) mass is 340 g/mol. The minimum Gasteiger partial charge on any atom is -0.320 e. The molecule has 0 radical (unpaired) electrons. The van der Waals surface area contributed by atoms with Crippen LogP contribution >= 0.6 is 23.2 Å². The molecule has 1 heterocycles. The van der Waals surface area contributed by atoms with Crippen molar-refractivity contribution >= 4 is 23.2 Å². The van der Waals surface area contributed by atoms with E-state index in [0.29, 0.717) is 21.3 Å². The highest BCUT2D eigenvalue weighted by Gasteiger charge is 2.14. The smallest absolute Gasteiger partial charge is 0.266 e. The Labute approximate surface area is 142 Å². The van der Waals surface area contributed by atoms with Gasteiger partial charge in [-0.25, -0.2) is 0 Å². The van der Waals surface area contributed by atoms with Gasteiger partial charge in [0.05, 0.1) is 5.69 Å². The Kier molecular flexibility index (Phi) is 4.20. The van der Waals surface area contributed by atoms with Gasteiger partial charge in [-0.1, -0.05) is 53.5 Å². The fraction of sp³-hybridized carbons (Fsp3) is 0. The van der Waals surface area contributed by atoms with E-state index in [1.807, 2.05) is 24.3 Å². The molecule has 0 atom stereocenters. The van der Waals surface area contributed by atoms with E-state index in [9.17, 15) is 4.79 Å². The molecule has 2 aromatic carbocycles. The SMILES string of the molecule is N#Cc1cc(-c2ccccc2Cl)c(-c2ccc(Cl)cc2)[nH]c1=O. The van der Waals surface area contributed by atoms with Gasteiger partial charge >= 0.3 is 0 Å². The maximum absolute atomic E-state index is 12.0. The van der Waals surface area contributed by atoms with Gasteiger partial charge in [0.1, 0.15) is 11.6 Å². The van der Waals surface area contributed by atoms with Crippen LogP contribution in [0.25, 0.3) is 22.4 Å². The van der Waals surface area contributed by atoms with Gasteiger partial charge in [0.2, 0.25) is 0 Å². The average Bonchev–Trinajstić information content (AvgIpc) is 2.56. The van der Waals surface area contributed by atoms with Crippen LogP contribution in [-0.2, 0) is 0 Å². The van der Waals surface area contributed by atoms with E-state index in [0.717, 1.165) is 11.1 Å². The third-order valence-corrected chi connectivity index (χ3v) is 4.04. The summed E-state index contributed by atoms with van der Waals surface area (Å²) in [6, 6.07) is 17.8. The maximum atomic E-state index is 12.0. The van der Waals surface area contributed by atoms with Crippen LogP contribution in [0.15, 0.2) is 59.4 Å². The standard InChI is InChI=1S/C18H10Cl2N2O/c19-13-7-5-11(6-8-13)17-15(9-12(10-21)18(23)22-17)14-3-1-2-4-16(14)20/h1-9H,(H,22,23). The summed E-state index contributed by atoms with van der Waals surface area (Å²) < 4.78 is 0. The zero-order valence-electron chi connectivity index (χ0n) is 11.8. The molecule has 1 N–H and O–H groups in total. The molecule has 0 amide bonds. The molecule has 0 bridgehead atoms. The number of benzene rings is 2. The van der Waals surface area contributed by atoms with Gasteiger partial charge in [-0.3, -0.25) is 4.79 Å². The lowest BCUT2D eigenvalue weighted by atomic mass is 9.98. The second-order valence-electron chi connectivity index (χ2n) is 4.90. The Hall–Kier alpha value is -2.54. The van der Waals surface area contributed by atoms with Crippen molar-refractivity contribution in [2.75, 3.05) is 0 Å². The summed E-state index contributed by atoms with van der Waals surface area (Å²) in [5, 5.41) is 10.3. The van der Waals surface area contributed by atoms with Crippen LogP contribution in [0.3, 0.4) is 0 Å². The normalized spacial score (nSPS) is 10.3. The van der Waals surface area contributed by atoms with Crippen molar-refractivity contribution in [3.8, 4) is 28.5 Å². The highest BCUT2D eigenvalue weighted by molar-refractivity contribution is 6.33. The van der Waals surface area contributed by atoms with Crippen LogP contribution < -0.4 is 5.56 Å². The van der Waals surface area contributed by atoms with Crippen molar-refractivity contribution in [1.82, 2.24) is 4.98 Å². The molecule has 23 heavy (non-hydrogen) atoms. The van der Waals surface area contributed by atoms with Gasteiger partial charge in [0.15, 0.2) is 0 Å². The Bertz CT molecular complexity index is 970. The second kappa shape index (κ2) is 6.29. The summed E-state index contributed by atoms with van der Waals surface area (Å²) >= 11 is 12.2. The highest BCUT2D eigenvalue weighted by Crippen LogP contribution is 2.34. The summed E-state index contributed by atoms with van der Waals surface area (Å²) in [4.78, 5) is 14.8. The maximum Gasteiger partial charge on any atom is 0.266 e. The van der Waals surface area contributed by atoms with Crippen LogP contribution in [0, 0.1) is 11.3 Å². The summed E-state index contributed by atoms with van der Waals surface area (Å²) in [6.45, 7) is 0. The van der Waals surface area contributed by atoms with Gasteiger partial charge in [-0.2, -0.15) is 5.26 Å². The van der Waals surface area contributed by atoms with E-state index in [2.05, 4.69) is 4.98 Å². The molecule has 0 fully saturated rings. The molecule has 0 saturated heterocycles. The predicted molar refractivity (Wildman–Crippen MR) is 92.7 cm³/mol. The first-order chi connectivity index (χ1) is 11.1. The van der Waals surface area contributed by atoms with E-state index in [-0.39, 0.29) is 5.56 Å². The van der Waals surface area contributed by atoms with Gasteiger partial charge in [-0.05, 0) is 29.8 Å². The van der Waals surface area contributed by atoms with Crippen LogP contribution in [0.4, 0.5) is 0 Å². The molecule has 5 heteroatoms. The van der Waals surface area contributed by atoms with E-state index in [1.165, 1.54) is 0 Å². The summed E-state index contributed by atoms with van der Waals surface area (Å²) in [7, 11) is 0. The molecule has 112 valence electrons. The number of hydrogen-bond donors (Lipinski definition) is 1. The largest absolute Gasteiger partial charge is 0.320 e. The van der Waals surface area contributed by atoms with Crippen LogP contribution in [0.2, 0.25) is 10.0 Å². The Balaban J connectivity index is 2.33. The minimum atomic E-state index is -0.437. The molecule has 0 unspecified atom stereocenters. The molecule has 0 aliphatic rings. The molecule has 0 spiro atoms. The Morgan fingerprint density at radius 2 is 1.65 bits per heavy atom. The highest BCUT2D eigenvalue weighted by atomic mass is 35.5. The third-order valence-electron chi connectivity index (χ3n) is 3.46. The molecular formula is C18H10Cl2N2O. The number of nitrogens with one attached hydrogen (secondary N) is 1. The zero-order chi connectivity index (χ0) is 16.4. The lowest BCUT2D eigenvalue weighted by Crippen LogP contribution is -2.12. The van der Waals surface area contributed by atoms with Crippen LogP contribution in [0.1, 0.15) is 5.56 Å². The van der Waals surface area contributed by atoms with Crippen molar-refractivity contribution in [1.29, 1.82) is 5.26 Å². The minimum absolute atomic E-state index is 0.0395. The first-order valence-corrected chi connectivity index (χ1v) is 7.54. The molecule has 0 aliphatic heterocycles. The first kappa shape index (κ1) is 15.4. The van der Waals surface area contributed by atoms with Crippen molar-refractivity contribution in [2.24, 2.45) is 0 Å². The van der Waals surface area contributed by atoms with E-state index in [4.69, 9.17) is 28.5 Å². The second-order valence-corrected chi connectivity index (χ2v) is 5.74. The molecule has 0 aliphatic carbocycles. The number of H-pyrrole nitrogens is 1. The molecule has 3 nitrogen and oxygen atoms in total. The number of aromatic nitrogens is 1. The molecule has 1 aromatic heterocycles. The van der Waals surface area contributed by atoms with Crippen molar-refractivity contribution in [3.63, 3.8) is 0 Å². The van der Waals surface area contributed by atoms with E-state index in [1.54, 1.807) is 36.4 Å². The van der Waals surface area contributed by atoms with Gasteiger partial charge in [-0.15, -0.1) is 0 Å². The lowest BCUT2D eigenvalue weighted by Gasteiger charge is -2.12. The number of aromatic amines is 1. The third kappa shape index (κ3) is 3.00. The first-order valence-electron chi connectivity index (χ1n) is 6.78. The average molecular weight is 341 g/mol. The number of rotatable bonds is 2. The quantitative estimate of drug-likeness (QED) is 0.722.